The molecule has 0 saturated carbocycles. The van der Waals surface area contributed by atoms with Gasteiger partial charge in [-0.05, 0) is 29.8 Å². The minimum Gasteiger partial charge on any atom is -0.300 e. The SMILES string of the molecule is O=C1C(=O)N(Cc2ccc(Cl)nc2)c2cc(Br)ccc21. The van der Waals surface area contributed by atoms with Gasteiger partial charge >= 0.3 is 0 Å². The van der Waals surface area contributed by atoms with Crippen LogP contribution in [0.5, 0.6) is 0 Å². The summed E-state index contributed by atoms with van der Waals surface area (Å²) < 4.78 is 0.818. The molecule has 4 nitrogen and oxygen atoms in total. The van der Waals surface area contributed by atoms with E-state index in [0.29, 0.717) is 16.4 Å². The van der Waals surface area contributed by atoms with Crippen LogP contribution in [0.25, 0.3) is 0 Å². The Hall–Kier alpha value is -1.72. The maximum atomic E-state index is 12.1. The van der Waals surface area contributed by atoms with Crippen LogP contribution in [-0.4, -0.2) is 16.7 Å². The molecule has 2 aromatic rings. The first-order valence-electron chi connectivity index (χ1n) is 5.82. The lowest BCUT2D eigenvalue weighted by Gasteiger charge is -2.16. The second-order valence-electron chi connectivity index (χ2n) is 4.37. The molecular weight excluding hydrogens is 344 g/mol. The fraction of sp³-hybridized carbons (Fsp3) is 0.0714. The summed E-state index contributed by atoms with van der Waals surface area (Å²) in [5.74, 6) is -0.998. The Balaban J connectivity index is 1.98. The van der Waals surface area contributed by atoms with Gasteiger partial charge in [0.2, 0.25) is 0 Å². The third-order valence-electron chi connectivity index (χ3n) is 3.06. The highest BCUT2D eigenvalue weighted by molar-refractivity contribution is 9.10. The van der Waals surface area contributed by atoms with Gasteiger partial charge < -0.3 is 4.90 Å². The summed E-state index contributed by atoms with van der Waals surface area (Å²) >= 11 is 9.08. The van der Waals surface area contributed by atoms with E-state index < -0.39 is 11.7 Å². The molecule has 0 N–H and O–H groups in total. The van der Waals surface area contributed by atoms with Crippen LogP contribution in [0, 0.1) is 0 Å². The first-order chi connectivity index (χ1) is 9.56. The van der Waals surface area contributed by atoms with Gasteiger partial charge in [0.25, 0.3) is 11.7 Å². The van der Waals surface area contributed by atoms with Gasteiger partial charge in [0.15, 0.2) is 0 Å². The maximum Gasteiger partial charge on any atom is 0.299 e. The number of fused-ring (bicyclic) bond motifs is 1. The van der Waals surface area contributed by atoms with Crippen LogP contribution in [0.15, 0.2) is 41.0 Å². The lowest BCUT2D eigenvalue weighted by atomic mass is 10.1. The van der Waals surface area contributed by atoms with E-state index in [0.717, 1.165) is 10.0 Å². The zero-order chi connectivity index (χ0) is 14.3. The van der Waals surface area contributed by atoms with Gasteiger partial charge in [-0.25, -0.2) is 4.98 Å². The van der Waals surface area contributed by atoms with E-state index in [-0.39, 0.29) is 6.54 Å². The minimum atomic E-state index is -0.520. The number of ketones is 1. The van der Waals surface area contributed by atoms with Gasteiger partial charge in [-0.2, -0.15) is 0 Å². The Morgan fingerprint density at radius 1 is 1.20 bits per heavy atom. The molecule has 1 aromatic carbocycles. The van der Waals surface area contributed by atoms with Crippen LogP contribution in [0.3, 0.4) is 0 Å². The molecule has 1 amide bonds. The zero-order valence-corrected chi connectivity index (χ0v) is 12.5. The Bertz CT molecular complexity index is 716. The topological polar surface area (TPSA) is 50.3 Å². The smallest absolute Gasteiger partial charge is 0.299 e. The maximum absolute atomic E-state index is 12.1. The molecule has 2 heterocycles. The molecule has 1 aliphatic rings. The number of nitrogens with zero attached hydrogens (tertiary/aromatic N) is 2. The number of aromatic nitrogens is 1. The summed E-state index contributed by atoms with van der Waals surface area (Å²) in [5, 5.41) is 0.390. The van der Waals surface area contributed by atoms with Crippen molar-refractivity contribution in [2.24, 2.45) is 0 Å². The molecule has 1 aromatic heterocycles. The normalized spacial score (nSPS) is 13.8. The number of halogens is 2. The largest absolute Gasteiger partial charge is 0.300 e. The molecule has 100 valence electrons. The van der Waals surface area contributed by atoms with Crippen molar-refractivity contribution < 1.29 is 9.59 Å². The highest BCUT2D eigenvalue weighted by Crippen LogP contribution is 2.32. The number of benzene rings is 1. The second-order valence-corrected chi connectivity index (χ2v) is 5.67. The monoisotopic (exact) mass is 350 g/mol. The highest BCUT2D eigenvalue weighted by atomic mass is 79.9. The first-order valence-corrected chi connectivity index (χ1v) is 6.99. The lowest BCUT2D eigenvalue weighted by Crippen LogP contribution is -2.29. The van der Waals surface area contributed by atoms with Gasteiger partial charge in [0.1, 0.15) is 5.15 Å². The summed E-state index contributed by atoms with van der Waals surface area (Å²) in [6.45, 7) is 0.290. The van der Waals surface area contributed by atoms with E-state index in [9.17, 15) is 9.59 Å². The molecule has 0 atom stereocenters. The minimum absolute atomic E-state index is 0.290. The number of pyridine rings is 1. The van der Waals surface area contributed by atoms with Crippen molar-refractivity contribution in [2.45, 2.75) is 6.54 Å². The summed E-state index contributed by atoms with van der Waals surface area (Å²) in [7, 11) is 0. The highest BCUT2D eigenvalue weighted by Gasteiger charge is 2.35. The van der Waals surface area contributed by atoms with Crippen molar-refractivity contribution in [1.29, 1.82) is 0 Å². The summed E-state index contributed by atoms with van der Waals surface area (Å²) in [6, 6.07) is 8.60. The molecule has 0 unspecified atom stereocenters. The van der Waals surface area contributed by atoms with Crippen molar-refractivity contribution in [3.05, 3.63) is 57.3 Å². The summed E-state index contributed by atoms with van der Waals surface area (Å²) in [4.78, 5) is 29.4. The molecule has 0 fully saturated rings. The predicted molar refractivity (Wildman–Crippen MR) is 78.9 cm³/mol. The third kappa shape index (κ3) is 2.23. The van der Waals surface area contributed by atoms with E-state index in [1.807, 2.05) is 0 Å². The molecule has 0 radical (unpaired) electrons. The number of rotatable bonds is 2. The van der Waals surface area contributed by atoms with Crippen molar-refractivity contribution >= 4 is 44.9 Å². The van der Waals surface area contributed by atoms with E-state index in [1.165, 1.54) is 4.90 Å². The number of anilines is 1. The average molecular weight is 352 g/mol. The number of hydrogen-bond acceptors (Lipinski definition) is 3. The van der Waals surface area contributed by atoms with E-state index in [2.05, 4.69) is 20.9 Å². The summed E-state index contributed by atoms with van der Waals surface area (Å²) in [5.41, 5.74) is 1.85. The molecule has 6 heteroatoms. The van der Waals surface area contributed by atoms with Crippen LogP contribution < -0.4 is 4.90 Å². The molecule has 3 rings (SSSR count). The van der Waals surface area contributed by atoms with Crippen LogP contribution in [0.4, 0.5) is 5.69 Å². The Morgan fingerprint density at radius 3 is 2.70 bits per heavy atom. The lowest BCUT2D eigenvalue weighted by molar-refractivity contribution is -0.114. The molecule has 0 saturated heterocycles. The van der Waals surface area contributed by atoms with Crippen LogP contribution in [0.2, 0.25) is 5.15 Å². The number of amides is 1. The van der Waals surface area contributed by atoms with Crippen LogP contribution in [0.1, 0.15) is 15.9 Å². The van der Waals surface area contributed by atoms with Crippen LogP contribution in [-0.2, 0) is 11.3 Å². The quantitative estimate of drug-likeness (QED) is 0.616. The van der Waals surface area contributed by atoms with E-state index >= 15 is 0 Å². The van der Waals surface area contributed by atoms with E-state index in [1.54, 1.807) is 36.5 Å². The van der Waals surface area contributed by atoms with Crippen molar-refractivity contribution in [3.8, 4) is 0 Å². The number of Topliss-reactive ketones (excluding diaryl/α,β-unsaturated/α-hetero) is 1. The van der Waals surface area contributed by atoms with Gasteiger partial charge in [-0.1, -0.05) is 33.6 Å². The Kier molecular flexibility index (Phi) is 3.31. The number of carbonyl (C=O) groups excluding carboxylic acids is 2. The van der Waals surface area contributed by atoms with Crippen molar-refractivity contribution in [1.82, 2.24) is 4.98 Å². The summed E-state index contributed by atoms with van der Waals surface area (Å²) in [6.07, 6.45) is 1.59. The van der Waals surface area contributed by atoms with Gasteiger partial charge in [-0.3, -0.25) is 9.59 Å². The molecule has 0 spiro atoms. The van der Waals surface area contributed by atoms with Gasteiger partial charge in [0.05, 0.1) is 17.8 Å². The zero-order valence-electron chi connectivity index (χ0n) is 10.1. The molecule has 1 aliphatic heterocycles. The van der Waals surface area contributed by atoms with Crippen LogP contribution >= 0.6 is 27.5 Å². The van der Waals surface area contributed by atoms with Crippen molar-refractivity contribution in [3.63, 3.8) is 0 Å². The fourth-order valence-corrected chi connectivity index (χ4v) is 2.57. The average Bonchev–Trinajstić information content (AvgIpc) is 2.66. The second kappa shape index (κ2) is 5.00. The predicted octanol–water partition coefficient (Wildman–Crippen LogP) is 3.23. The van der Waals surface area contributed by atoms with Crippen molar-refractivity contribution in [2.75, 3.05) is 4.90 Å². The number of hydrogen-bond donors (Lipinski definition) is 0. The first kappa shape index (κ1) is 13.3. The molecule has 0 bridgehead atoms. The number of carbonyl (C=O) groups is 2. The Labute approximate surface area is 128 Å². The molecule has 20 heavy (non-hydrogen) atoms. The Morgan fingerprint density at radius 2 is 2.00 bits per heavy atom. The van der Waals surface area contributed by atoms with Gasteiger partial charge in [-0.15, -0.1) is 0 Å². The molecule has 0 aliphatic carbocycles. The third-order valence-corrected chi connectivity index (χ3v) is 3.78. The van der Waals surface area contributed by atoms with E-state index in [4.69, 9.17) is 11.6 Å². The standard InChI is InChI=1S/C14H8BrClN2O2/c15-9-2-3-10-11(5-9)18(14(20)13(10)19)7-8-1-4-12(16)17-6-8/h1-6H,7H2. The van der Waals surface area contributed by atoms with Gasteiger partial charge in [0, 0.05) is 10.7 Å². The fourth-order valence-electron chi connectivity index (χ4n) is 2.11. The molecular formula is C14H8BrClN2O2.